The lowest BCUT2D eigenvalue weighted by molar-refractivity contribution is 0.0526. The topological polar surface area (TPSA) is 134 Å². The normalized spacial score (nSPS) is 17.5. The van der Waals surface area contributed by atoms with E-state index in [2.05, 4.69) is 10.6 Å². The minimum Gasteiger partial charge on any atom is -0.465 e. The Morgan fingerprint density at radius 2 is 2.07 bits per heavy atom. The highest BCUT2D eigenvalue weighted by atomic mass is 16.6. The number of carbonyl (C=O) groups is 3. The van der Waals surface area contributed by atoms with Crippen molar-refractivity contribution in [1.82, 2.24) is 15.5 Å². The lowest BCUT2D eigenvalue weighted by Gasteiger charge is -2.20. The van der Waals surface area contributed by atoms with Crippen molar-refractivity contribution in [3.8, 4) is 0 Å². The van der Waals surface area contributed by atoms with Crippen molar-refractivity contribution in [3.05, 3.63) is 35.4 Å². The molecule has 0 aliphatic carbocycles. The number of benzene rings is 1. The number of amides is 3. The molecule has 1 aliphatic heterocycles. The number of rotatable bonds is 6. The summed E-state index contributed by atoms with van der Waals surface area (Å²) < 4.78 is 5.18. The Kier molecular flexibility index (Phi) is 7.44. The summed E-state index contributed by atoms with van der Waals surface area (Å²) in [6.07, 6.45) is -0.395. The van der Waals surface area contributed by atoms with Crippen LogP contribution in [-0.4, -0.2) is 59.4 Å². The summed E-state index contributed by atoms with van der Waals surface area (Å²) in [5.74, 6) is -0.261. The van der Waals surface area contributed by atoms with E-state index in [0.29, 0.717) is 31.5 Å². The molecular formula is C20H30N4O5. The summed E-state index contributed by atoms with van der Waals surface area (Å²) in [5.41, 5.74) is 6.88. The zero-order valence-electron chi connectivity index (χ0n) is 17.1. The van der Waals surface area contributed by atoms with Gasteiger partial charge in [-0.15, -0.1) is 0 Å². The molecule has 0 radical (unpaired) electrons. The molecule has 2 rings (SSSR count). The van der Waals surface area contributed by atoms with Gasteiger partial charge in [-0.2, -0.15) is 0 Å². The lowest BCUT2D eigenvalue weighted by Crippen LogP contribution is -2.38. The van der Waals surface area contributed by atoms with E-state index in [9.17, 15) is 14.4 Å². The van der Waals surface area contributed by atoms with Gasteiger partial charge in [-0.3, -0.25) is 4.79 Å². The van der Waals surface area contributed by atoms with Crippen LogP contribution in [0.4, 0.5) is 9.59 Å². The molecule has 0 aromatic heterocycles. The van der Waals surface area contributed by atoms with Gasteiger partial charge in [0.15, 0.2) is 0 Å². The zero-order chi connectivity index (χ0) is 21.6. The number of carbonyl (C=O) groups excluding carboxylic acids is 2. The van der Waals surface area contributed by atoms with Gasteiger partial charge in [0, 0.05) is 37.3 Å². The van der Waals surface area contributed by atoms with Crippen molar-refractivity contribution < 1.29 is 24.2 Å². The smallest absolute Gasteiger partial charge is 0.407 e. The van der Waals surface area contributed by atoms with Crippen LogP contribution in [0.5, 0.6) is 0 Å². The average Bonchev–Trinajstić information content (AvgIpc) is 3.09. The molecule has 0 spiro atoms. The summed E-state index contributed by atoms with van der Waals surface area (Å²) >= 11 is 0. The second kappa shape index (κ2) is 9.60. The number of ether oxygens (including phenoxy) is 1. The molecule has 0 bridgehead atoms. The average molecular weight is 406 g/mol. The van der Waals surface area contributed by atoms with Crippen molar-refractivity contribution >= 4 is 18.1 Å². The molecule has 1 heterocycles. The summed E-state index contributed by atoms with van der Waals surface area (Å²) in [6, 6.07) is 6.44. The molecule has 0 unspecified atom stereocenters. The van der Waals surface area contributed by atoms with Crippen LogP contribution in [0.3, 0.4) is 0 Å². The third-order valence-electron chi connectivity index (χ3n) is 4.49. The Balaban J connectivity index is 1.85. The highest BCUT2D eigenvalue weighted by Gasteiger charge is 2.27. The monoisotopic (exact) mass is 406 g/mol. The first kappa shape index (κ1) is 22.5. The maximum Gasteiger partial charge on any atom is 0.407 e. The maximum absolute atomic E-state index is 12.5. The highest BCUT2D eigenvalue weighted by Crippen LogP contribution is 2.17. The molecule has 9 heteroatoms. The predicted octanol–water partition coefficient (Wildman–Crippen LogP) is 2.08. The Hall–Kier alpha value is -2.81. The zero-order valence-corrected chi connectivity index (χ0v) is 17.1. The fourth-order valence-electron chi connectivity index (χ4n) is 3.04. The molecule has 1 aliphatic rings. The van der Waals surface area contributed by atoms with Gasteiger partial charge in [-0.05, 0) is 51.3 Å². The summed E-state index contributed by atoms with van der Waals surface area (Å²) in [7, 11) is 0. The molecule has 1 aromatic carbocycles. The number of alkyl carbamates (subject to hydrolysis) is 1. The molecule has 2 atom stereocenters. The van der Waals surface area contributed by atoms with E-state index in [1.165, 1.54) is 4.90 Å². The number of nitrogens with two attached hydrogens (primary N) is 1. The molecule has 29 heavy (non-hydrogen) atoms. The van der Waals surface area contributed by atoms with Gasteiger partial charge in [0.05, 0.1) is 0 Å². The summed E-state index contributed by atoms with van der Waals surface area (Å²) in [6.45, 7) is 6.42. The van der Waals surface area contributed by atoms with E-state index in [0.717, 1.165) is 5.56 Å². The van der Waals surface area contributed by atoms with Gasteiger partial charge in [0.2, 0.25) is 0 Å². The van der Waals surface area contributed by atoms with Crippen LogP contribution >= 0.6 is 0 Å². The predicted molar refractivity (Wildman–Crippen MR) is 108 cm³/mol. The Morgan fingerprint density at radius 1 is 1.34 bits per heavy atom. The van der Waals surface area contributed by atoms with Crippen LogP contribution in [0.1, 0.15) is 55.6 Å². The van der Waals surface area contributed by atoms with Crippen molar-refractivity contribution in [1.29, 1.82) is 0 Å². The van der Waals surface area contributed by atoms with Crippen molar-refractivity contribution in [2.24, 2.45) is 5.73 Å². The second-order valence-corrected chi connectivity index (χ2v) is 8.14. The molecule has 1 aromatic rings. The first-order valence-electron chi connectivity index (χ1n) is 9.66. The van der Waals surface area contributed by atoms with Gasteiger partial charge in [0.25, 0.3) is 5.91 Å². The molecular weight excluding hydrogens is 376 g/mol. The van der Waals surface area contributed by atoms with Crippen LogP contribution in [0, 0.1) is 0 Å². The maximum atomic E-state index is 12.5. The molecule has 5 N–H and O–H groups in total. The number of carboxylic acid groups (broad SMARTS) is 1. The Morgan fingerprint density at radius 3 is 2.69 bits per heavy atom. The van der Waals surface area contributed by atoms with Crippen molar-refractivity contribution in [2.75, 3.05) is 19.6 Å². The molecule has 0 saturated carbocycles. The number of likely N-dealkylation sites (tertiary alicyclic amines) is 1. The van der Waals surface area contributed by atoms with E-state index >= 15 is 0 Å². The minimum absolute atomic E-state index is 0.200. The van der Waals surface area contributed by atoms with Crippen molar-refractivity contribution in [3.63, 3.8) is 0 Å². The lowest BCUT2D eigenvalue weighted by atomic mass is 10.0. The third-order valence-corrected chi connectivity index (χ3v) is 4.49. The van der Waals surface area contributed by atoms with Gasteiger partial charge >= 0.3 is 12.2 Å². The molecule has 160 valence electrons. The van der Waals surface area contributed by atoms with Gasteiger partial charge in [-0.1, -0.05) is 12.1 Å². The first-order valence-corrected chi connectivity index (χ1v) is 9.66. The highest BCUT2D eigenvalue weighted by molar-refractivity contribution is 5.94. The van der Waals surface area contributed by atoms with E-state index in [4.69, 9.17) is 15.6 Å². The first-order chi connectivity index (χ1) is 13.5. The fraction of sp³-hybridized carbons (Fsp3) is 0.550. The Bertz CT molecular complexity index is 747. The largest absolute Gasteiger partial charge is 0.465 e. The number of nitrogens with one attached hydrogen (secondary N) is 2. The van der Waals surface area contributed by atoms with Crippen molar-refractivity contribution in [2.45, 2.75) is 51.3 Å². The van der Waals surface area contributed by atoms with Crippen LogP contribution in [0.25, 0.3) is 0 Å². The van der Waals surface area contributed by atoms with E-state index in [1.807, 2.05) is 6.07 Å². The fourth-order valence-corrected chi connectivity index (χ4v) is 3.04. The second-order valence-electron chi connectivity index (χ2n) is 8.14. The van der Waals surface area contributed by atoms with Crippen LogP contribution in [0.2, 0.25) is 0 Å². The standard InChI is InChI=1S/C20H30N4O5/c1-20(2,3)29-18(26)22-9-7-16(21)13-5-4-6-14(11-13)17(25)23-15-8-10-24(12-15)19(27)28/h4-6,11,15-16H,7-10,12,21H2,1-3H3,(H,22,26)(H,23,25)(H,27,28)/t15-,16+/m0/s1. The number of nitrogens with zero attached hydrogens (tertiary/aromatic N) is 1. The van der Waals surface area contributed by atoms with Gasteiger partial charge in [-0.25, -0.2) is 9.59 Å². The Labute approximate surface area is 170 Å². The number of hydrogen-bond acceptors (Lipinski definition) is 5. The van der Waals surface area contributed by atoms with Crippen LogP contribution in [0.15, 0.2) is 24.3 Å². The van der Waals surface area contributed by atoms with E-state index in [1.54, 1.807) is 39.0 Å². The van der Waals surface area contributed by atoms with Gasteiger partial charge < -0.3 is 31.1 Å². The van der Waals surface area contributed by atoms with E-state index < -0.39 is 17.8 Å². The van der Waals surface area contributed by atoms with Gasteiger partial charge in [0.1, 0.15) is 5.60 Å². The summed E-state index contributed by atoms with van der Waals surface area (Å²) in [5, 5.41) is 14.5. The molecule has 1 fully saturated rings. The SMILES string of the molecule is CC(C)(C)OC(=O)NCC[C@@H](N)c1cccc(C(=O)N[C@H]2CCN(C(=O)O)C2)c1. The molecule has 9 nitrogen and oxygen atoms in total. The third kappa shape index (κ3) is 7.26. The quantitative estimate of drug-likeness (QED) is 0.571. The summed E-state index contributed by atoms with van der Waals surface area (Å²) in [4.78, 5) is 36.5. The molecule has 3 amide bonds. The number of hydrogen-bond donors (Lipinski definition) is 4. The molecule has 1 saturated heterocycles. The van der Waals surface area contributed by atoms with E-state index in [-0.39, 0.29) is 24.5 Å². The minimum atomic E-state index is -0.977. The van der Waals surface area contributed by atoms with Crippen LogP contribution in [-0.2, 0) is 4.74 Å². The van der Waals surface area contributed by atoms with Crippen LogP contribution < -0.4 is 16.4 Å².